The number of hydrogen-bond acceptors (Lipinski definition) is 1. The van der Waals surface area contributed by atoms with Crippen LogP contribution >= 0.6 is 0 Å². The van der Waals surface area contributed by atoms with E-state index in [4.69, 9.17) is 4.43 Å². The molecule has 1 aliphatic rings. The van der Waals surface area contributed by atoms with Crippen LogP contribution in [0.2, 0.25) is 18.6 Å². The Morgan fingerprint density at radius 2 is 2.12 bits per heavy atom. The minimum absolute atomic E-state index is 0.106. The van der Waals surface area contributed by atoms with Crippen molar-refractivity contribution < 1.29 is 4.43 Å². The number of allylic oxidation sites excluding steroid dienone is 3. The van der Waals surface area contributed by atoms with Gasteiger partial charge in [-0.2, -0.15) is 0 Å². The molecule has 1 rings (SSSR count). The molecule has 0 unspecified atom stereocenters. The third-order valence-corrected chi connectivity index (χ3v) is 8.15. The van der Waals surface area contributed by atoms with E-state index >= 15 is 0 Å². The van der Waals surface area contributed by atoms with Gasteiger partial charge in [-0.25, -0.2) is 0 Å². The van der Waals surface area contributed by atoms with E-state index in [1.54, 1.807) is 0 Å². The van der Waals surface area contributed by atoms with Crippen LogP contribution in [0.15, 0.2) is 24.5 Å². The summed E-state index contributed by atoms with van der Waals surface area (Å²) in [6, 6.07) is 0. The van der Waals surface area contributed by atoms with Gasteiger partial charge in [-0.3, -0.25) is 0 Å². The molecule has 0 saturated carbocycles. The molecule has 0 fully saturated rings. The lowest BCUT2D eigenvalue weighted by Crippen LogP contribution is -2.35. The van der Waals surface area contributed by atoms with Crippen LogP contribution in [0, 0.1) is 11.3 Å². The molecular formula is C15H28OSi. The van der Waals surface area contributed by atoms with Gasteiger partial charge >= 0.3 is 0 Å². The van der Waals surface area contributed by atoms with Crippen molar-refractivity contribution in [2.75, 3.05) is 0 Å². The topological polar surface area (TPSA) is 9.23 Å². The van der Waals surface area contributed by atoms with Gasteiger partial charge in [-0.1, -0.05) is 33.8 Å². The molecular weight excluding hydrogens is 224 g/mol. The minimum Gasteiger partial charge on any atom is -0.547 e. The lowest BCUT2D eigenvalue weighted by atomic mass is 9.72. The first-order chi connectivity index (χ1) is 7.71. The summed E-state index contributed by atoms with van der Waals surface area (Å²) in [4.78, 5) is 0. The number of hydrogen-bond donors (Lipinski definition) is 0. The maximum atomic E-state index is 6.34. The highest BCUT2D eigenvalue weighted by molar-refractivity contribution is 6.72. The second kappa shape index (κ2) is 5.01. The van der Waals surface area contributed by atoms with E-state index in [1.807, 2.05) is 0 Å². The van der Waals surface area contributed by atoms with Crippen molar-refractivity contribution in [1.82, 2.24) is 0 Å². The second-order valence-electron chi connectivity index (χ2n) is 6.48. The molecule has 2 heteroatoms. The van der Waals surface area contributed by atoms with Crippen LogP contribution in [0.4, 0.5) is 0 Å². The van der Waals surface area contributed by atoms with Gasteiger partial charge in [0.2, 0.25) is 8.32 Å². The second-order valence-corrected chi connectivity index (χ2v) is 11.0. The Balaban J connectivity index is 2.87. The zero-order chi connectivity index (χ0) is 13.3. The maximum absolute atomic E-state index is 6.34. The van der Waals surface area contributed by atoms with Crippen molar-refractivity contribution in [2.24, 2.45) is 11.3 Å². The summed E-state index contributed by atoms with van der Waals surface area (Å²) >= 11 is 0. The zero-order valence-electron chi connectivity index (χ0n) is 12.3. The van der Waals surface area contributed by atoms with Crippen molar-refractivity contribution >= 4 is 8.32 Å². The average molecular weight is 252 g/mol. The Kier molecular flexibility index (Phi) is 4.29. The third kappa shape index (κ3) is 3.24. The molecule has 0 aromatic heterocycles. The van der Waals surface area contributed by atoms with Gasteiger partial charge in [-0.05, 0) is 37.0 Å². The maximum Gasteiger partial charge on any atom is 0.247 e. The zero-order valence-corrected chi connectivity index (χ0v) is 13.3. The first kappa shape index (κ1) is 14.6. The van der Waals surface area contributed by atoms with Crippen molar-refractivity contribution in [3.8, 4) is 0 Å². The van der Waals surface area contributed by atoms with Crippen LogP contribution in [0.25, 0.3) is 0 Å². The molecule has 0 N–H and O–H groups in total. The third-order valence-electron chi connectivity index (χ3n) is 4.58. The minimum atomic E-state index is -1.57. The highest BCUT2D eigenvalue weighted by Crippen LogP contribution is 2.41. The Bertz CT molecular complexity index is 317. The summed E-state index contributed by atoms with van der Waals surface area (Å²) in [6.07, 6.45) is 6.68. The van der Waals surface area contributed by atoms with Crippen molar-refractivity contribution in [1.29, 1.82) is 0 Å². The molecule has 98 valence electrons. The standard InChI is InChI=1S/C15H28OSi/c1-8-15(5)11-14(10-9-13(15)4)16-17(6,7)12(2)3/h8,11-13H,1,9-10H2,2-7H3/t13-,15-/m1/s1. The van der Waals surface area contributed by atoms with Crippen molar-refractivity contribution in [2.45, 2.75) is 59.2 Å². The monoisotopic (exact) mass is 252 g/mol. The Hall–Kier alpha value is -0.503. The normalized spacial score (nSPS) is 30.1. The summed E-state index contributed by atoms with van der Waals surface area (Å²) in [5.74, 6) is 1.87. The van der Waals surface area contributed by atoms with Crippen molar-refractivity contribution in [3.63, 3.8) is 0 Å². The van der Waals surface area contributed by atoms with Crippen LogP contribution < -0.4 is 0 Å². The summed E-state index contributed by atoms with van der Waals surface area (Å²) < 4.78 is 6.34. The van der Waals surface area contributed by atoms with Crippen LogP contribution in [-0.4, -0.2) is 8.32 Å². The molecule has 17 heavy (non-hydrogen) atoms. The molecule has 0 aromatic rings. The fourth-order valence-electron chi connectivity index (χ4n) is 2.03. The molecule has 0 saturated heterocycles. The molecule has 0 radical (unpaired) electrons. The molecule has 0 heterocycles. The van der Waals surface area contributed by atoms with Gasteiger partial charge in [0.15, 0.2) is 0 Å². The molecule has 0 bridgehead atoms. The number of rotatable bonds is 4. The average Bonchev–Trinajstić information content (AvgIpc) is 2.23. The molecule has 0 amide bonds. The van der Waals surface area contributed by atoms with E-state index in [0.717, 1.165) is 6.42 Å². The van der Waals surface area contributed by atoms with Gasteiger partial charge in [0.25, 0.3) is 0 Å². The molecule has 1 nitrogen and oxygen atoms in total. The lowest BCUT2D eigenvalue weighted by molar-refractivity contribution is 0.261. The molecule has 0 spiro atoms. The Labute approximate surface area is 108 Å². The smallest absolute Gasteiger partial charge is 0.247 e. The van der Waals surface area contributed by atoms with Crippen LogP contribution in [0.3, 0.4) is 0 Å². The molecule has 0 aromatic carbocycles. The van der Waals surface area contributed by atoms with E-state index in [9.17, 15) is 0 Å². The lowest BCUT2D eigenvalue weighted by Gasteiger charge is -2.38. The summed E-state index contributed by atoms with van der Waals surface area (Å²) in [5.41, 5.74) is 0.757. The Morgan fingerprint density at radius 1 is 1.53 bits per heavy atom. The van der Waals surface area contributed by atoms with Gasteiger partial charge < -0.3 is 4.43 Å². The van der Waals surface area contributed by atoms with Gasteiger partial charge in [0.1, 0.15) is 0 Å². The van der Waals surface area contributed by atoms with E-state index in [2.05, 4.69) is 59.5 Å². The van der Waals surface area contributed by atoms with Gasteiger partial charge in [-0.15, -0.1) is 6.58 Å². The van der Waals surface area contributed by atoms with E-state index in [0.29, 0.717) is 11.5 Å². The van der Waals surface area contributed by atoms with Crippen LogP contribution in [0.5, 0.6) is 0 Å². The van der Waals surface area contributed by atoms with E-state index in [1.165, 1.54) is 12.2 Å². The SMILES string of the molecule is C=C[C@]1(C)C=C(O[Si](C)(C)C(C)C)CC[C@H]1C. The highest BCUT2D eigenvalue weighted by Gasteiger charge is 2.34. The first-order valence-electron chi connectivity index (χ1n) is 6.75. The summed E-state index contributed by atoms with van der Waals surface area (Å²) in [7, 11) is -1.57. The van der Waals surface area contributed by atoms with Gasteiger partial charge in [0, 0.05) is 11.8 Å². The predicted molar refractivity (Wildman–Crippen MR) is 78.5 cm³/mol. The molecule has 1 aliphatic carbocycles. The predicted octanol–water partition coefficient (Wildman–Crippen LogP) is 5.12. The highest BCUT2D eigenvalue weighted by atomic mass is 28.4. The van der Waals surface area contributed by atoms with Crippen LogP contribution in [0.1, 0.15) is 40.5 Å². The van der Waals surface area contributed by atoms with Crippen molar-refractivity contribution in [3.05, 3.63) is 24.5 Å². The quantitative estimate of drug-likeness (QED) is 0.498. The fraction of sp³-hybridized carbons (Fsp3) is 0.733. The summed E-state index contributed by atoms with van der Waals surface area (Å²) in [5, 5.41) is 0. The van der Waals surface area contributed by atoms with E-state index < -0.39 is 8.32 Å². The first-order valence-corrected chi connectivity index (χ1v) is 9.74. The fourth-order valence-corrected chi connectivity index (χ4v) is 3.10. The van der Waals surface area contributed by atoms with Gasteiger partial charge in [0.05, 0.1) is 5.76 Å². The molecule has 2 atom stereocenters. The Morgan fingerprint density at radius 3 is 2.59 bits per heavy atom. The van der Waals surface area contributed by atoms with Crippen LogP contribution in [-0.2, 0) is 4.43 Å². The van der Waals surface area contributed by atoms with E-state index in [-0.39, 0.29) is 5.41 Å². The summed E-state index contributed by atoms with van der Waals surface area (Å²) in [6.45, 7) is 17.7. The molecule has 0 aliphatic heterocycles. The largest absolute Gasteiger partial charge is 0.547 e.